The minimum atomic E-state index is -1.23. The monoisotopic (exact) mass is 222 g/mol. The molecule has 0 amide bonds. The Balaban J connectivity index is 2.57. The third-order valence-electron chi connectivity index (χ3n) is 1.94. The number of nitrogens with two attached hydrogens (primary N) is 1. The van der Waals surface area contributed by atoms with Crippen molar-refractivity contribution in [1.29, 1.82) is 0 Å². The van der Waals surface area contributed by atoms with Crippen LogP contribution in [0.25, 0.3) is 0 Å². The average Bonchev–Trinajstić information content (AvgIpc) is 2.14. The number of benzene rings is 1. The van der Waals surface area contributed by atoms with Gasteiger partial charge in [0.2, 0.25) is 0 Å². The Bertz CT molecular complexity index is 352. The minimum absolute atomic E-state index is 0.257. The number of hydrogen-bond acceptors (Lipinski definition) is 4. The van der Waals surface area contributed by atoms with Crippen LogP contribution in [0.15, 0.2) is 24.3 Å². The van der Waals surface area contributed by atoms with E-state index in [1.54, 1.807) is 12.1 Å². The van der Waals surface area contributed by atoms with Crippen LogP contribution in [0.3, 0.4) is 0 Å². The number of aliphatic carboxylic acids is 1. The number of carboxylic acid groups (broad SMARTS) is 1. The Morgan fingerprint density at radius 2 is 1.94 bits per heavy atom. The first-order valence-electron chi connectivity index (χ1n) is 5.07. The summed E-state index contributed by atoms with van der Waals surface area (Å²) in [5.74, 6) is -0.713. The molecule has 0 aromatic heterocycles. The molecule has 0 aliphatic carbocycles. The second-order valence-corrected chi connectivity index (χ2v) is 4.47. The lowest BCUT2D eigenvalue weighted by molar-refractivity contribution is -0.307. The highest BCUT2D eigenvalue weighted by Crippen LogP contribution is 2.15. The van der Waals surface area contributed by atoms with Gasteiger partial charge in [-0.2, -0.15) is 0 Å². The van der Waals surface area contributed by atoms with E-state index < -0.39 is 12.6 Å². The molecule has 2 N–H and O–H groups in total. The van der Waals surface area contributed by atoms with Gasteiger partial charge in [0.25, 0.3) is 0 Å². The molecule has 0 spiro atoms. The highest BCUT2D eigenvalue weighted by molar-refractivity contribution is 5.66. The van der Waals surface area contributed by atoms with Crippen LogP contribution in [-0.4, -0.2) is 18.1 Å². The molecule has 0 heterocycles. The predicted molar refractivity (Wildman–Crippen MR) is 58.9 cm³/mol. The Morgan fingerprint density at radius 1 is 1.38 bits per heavy atom. The third-order valence-corrected chi connectivity index (χ3v) is 1.94. The van der Waals surface area contributed by atoms with Crippen molar-refractivity contribution in [1.82, 2.24) is 0 Å². The van der Waals surface area contributed by atoms with E-state index in [-0.39, 0.29) is 5.54 Å². The summed E-state index contributed by atoms with van der Waals surface area (Å²) in [6.45, 7) is 3.47. The highest BCUT2D eigenvalue weighted by atomic mass is 16.5. The zero-order valence-corrected chi connectivity index (χ0v) is 9.53. The fourth-order valence-electron chi connectivity index (χ4n) is 1.37. The van der Waals surface area contributed by atoms with Crippen LogP contribution >= 0.6 is 0 Å². The predicted octanol–water partition coefficient (Wildman–Crippen LogP) is 0.0951. The van der Waals surface area contributed by atoms with E-state index in [1.807, 2.05) is 26.0 Å². The van der Waals surface area contributed by atoms with Gasteiger partial charge >= 0.3 is 0 Å². The number of hydrogen-bond donors (Lipinski definition) is 1. The van der Waals surface area contributed by atoms with Gasteiger partial charge in [-0.1, -0.05) is 12.1 Å². The Hall–Kier alpha value is -1.55. The molecule has 1 rings (SSSR count). The molecule has 1 aromatic rings. The molecule has 0 bridgehead atoms. The van der Waals surface area contributed by atoms with Gasteiger partial charge in [0.15, 0.2) is 0 Å². The van der Waals surface area contributed by atoms with Crippen LogP contribution in [0.2, 0.25) is 0 Å². The molecule has 4 heteroatoms. The Kier molecular flexibility index (Phi) is 3.90. The minimum Gasteiger partial charge on any atom is -0.546 e. The summed E-state index contributed by atoms with van der Waals surface area (Å²) in [5, 5.41) is 10.2. The SMILES string of the molecule is CC(C)(N)Cc1ccc(OCC(=O)[O-])cc1. The van der Waals surface area contributed by atoms with E-state index in [9.17, 15) is 9.90 Å². The molecule has 0 atom stereocenters. The molecule has 16 heavy (non-hydrogen) atoms. The first-order chi connectivity index (χ1) is 7.37. The van der Waals surface area contributed by atoms with E-state index >= 15 is 0 Å². The van der Waals surface area contributed by atoms with Crippen LogP contribution in [0.4, 0.5) is 0 Å². The van der Waals surface area contributed by atoms with Crippen molar-refractivity contribution in [2.45, 2.75) is 25.8 Å². The first kappa shape index (κ1) is 12.5. The maximum atomic E-state index is 10.2. The Morgan fingerprint density at radius 3 is 2.38 bits per heavy atom. The number of ether oxygens (including phenoxy) is 1. The summed E-state index contributed by atoms with van der Waals surface area (Å²) in [5.41, 5.74) is 6.72. The lowest BCUT2D eigenvalue weighted by Gasteiger charge is -2.18. The molecule has 0 unspecified atom stereocenters. The Labute approximate surface area is 95.0 Å². The third kappa shape index (κ3) is 4.79. The van der Waals surface area contributed by atoms with Crippen molar-refractivity contribution in [2.24, 2.45) is 5.73 Å². The molecule has 88 valence electrons. The normalized spacial score (nSPS) is 11.2. The maximum absolute atomic E-state index is 10.2. The molecular formula is C12H16NO3-. The van der Waals surface area contributed by atoms with Crippen LogP contribution in [0, 0.1) is 0 Å². The highest BCUT2D eigenvalue weighted by Gasteiger charge is 2.11. The van der Waals surface area contributed by atoms with Crippen molar-refractivity contribution in [3.8, 4) is 5.75 Å². The number of carboxylic acids is 1. The van der Waals surface area contributed by atoms with Gasteiger partial charge in [-0.15, -0.1) is 0 Å². The molecular weight excluding hydrogens is 206 g/mol. The summed E-state index contributed by atoms with van der Waals surface area (Å²) in [7, 11) is 0. The van der Waals surface area contributed by atoms with Crippen LogP contribution in [0.1, 0.15) is 19.4 Å². The maximum Gasteiger partial charge on any atom is 0.128 e. The molecule has 0 aliphatic heterocycles. The second kappa shape index (κ2) is 4.99. The fourth-order valence-corrected chi connectivity index (χ4v) is 1.37. The number of carbonyl (C=O) groups excluding carboxylic acids is 1. The molecule has 1 aromatic carbocycles. The largest absolute Gasteiger partial charge is 0.546 e. The quantitative estimate of drug-likeness (QED) is 0.766. The lowest BCUT2D eigenvalue weighted by Crippen LogP contribution is -2.34. The second-order valence-electron chi connectivity index (χ2n) is 4.47. The summed E-state index contributed by atoms with van der Waals surface area (Å²) >= 11 is 0. The van der Waals surface area contributed by atoms with Gasteiger partial charge < -0.3 is 20.4 Å². The fraction of sp³-hybridized carbons (Fsp3) is 0.417. The van der Waals surface area contributed by atoms with E-state index in [1.165, 1.54) is 0 Å². The smallest absolute Gasteiger partial charge is 0.128 e. The number of rotatable bonds is 5. The topological polar surface area (TPSA) is 75.4 Å². The van der Waals surface area contributed by atoms with Gasteiger partial charge in [-0.3, -0.25) is 0 Å². The van der Waals surface area contributed by atoms with E-state index in [4.69, 9.17) is 10.5 Å². The van der Waals surface area contributed by atoms with Crippen molar-refractivity contribution >= 4 is 5.97 Å². The summed E-state index contributed by atoms with van der Waals surface area (Å²) in [6.07, 6.45) is 0.758. The van der Waals surface area contributed by atoms with E-state index in [0.717, 1.165) is 12.0 Å². The number of carbonyl (C=O) groups is 1. The van der Waals surface area contributed by atoms with Crippen molar-refractivity contribution in [2.75, 3.05) is 6.61 Å². The van der Waals surface area contributed by atoms with Gasteiger partial charge in [0, 0.05) is 5.54 Å². The van der Waals surface area contributed by atoms with Gasteiger partial charge in [0.1, 0.15) is 12.4 Å². The summed E-state index contributed by atoms with van der Waals surface area (Å²) in [6, 6.07) is 7.20. The zero-order chi connectivity index (χ0) is 12.2. The van der Waals surface area contributed by atoms with Crippen molar-refractivity contribution in [3.63, 3.8) is 0 Å². The summed E-state index contributed by atoms with van der Waals surface area (Å²) in [4.78, 5) is 10.2. The van der Waals surface area contributed by atoms with Crippen LogP contribution in [-0.2, 0) is 11.2 Å². The van der Waals surface area contributed by atoms with Gasteiger partial charge in [-0.05, 0) is 38.0 Å². The average molecular weight is 222 g/mol. The van der Waals surface area contributed by atoms with Crippen molar-refractivity contribution in [3.05, 3.63) is 29.8 Å². The summed E-state index contributed by atoms with van der Waals surface area (Å²) < 4.78 is 4.96. The van der Waals surface area contributed by atoms with E-state index in [0.29, 0.717) is 5.75 Å². The van der Waals surface area contributed by atoms with Crippen LogP contribution < -0.4 is 15.6 Å². The molecule has 0 saturated heterocycles. The standard InChI is InChI=1S/C12H17NO3/c1-12(2,13)7-9-3-5-10(6-4-9)16-8-11(14)15/h3-6H,7-8,13H2,1-2H3,(H,14,15)/p-1. The molecule has 0 fully saturated rings. The lowest BCUT2D eigenvalue weighted by atomic mass is 9.96. The molecule has 4 nitrogen and oxygen atoms in total. The zero-order valence-electron chi connectivity index (χ0n) is 9.53. The molecule has 0 radical (unpaired) electrons. The van der Waals surface area contributed by atoms with Crippen LogP contribution in [0.5, 0.6) is 5.75 Å². The van der Waals surface area contributed by atoms with Gasteiger partial charge in [-0.25, -0.2) is 0 Å². The molecule has 0 aliphatic rings. The van der Waals surface area contributed by atoms with Gasteiger partial charge in [0.05, 0.1) is 5.97 Å². The molecule has 0 saturated carbocycles. The first-order valence-corrected chi connectivity index (χ1v) is 5.07. The van der Waals surface area contributed by atoms with E-state index in [2.05, 4.69) is 0 Å². The van der Waals surface area contributed by atoms with Crippen molar-refractivity contribution < 1.29 is 14.6 Å².